The molecule has 0 spiro atoms. The molecule has 0 aromatic heterocycles. The number of fused-ring (bicyclic) bond motifs is 1. The topological polar surface area (TPSA) is 121 Å². The molecular weight excluding hydrogens is 467 g/mol. The molecule has 2 atom stereocenters. The van der Waals surface area contributed by atoms with Crippen LogP contribution in [0.4, 0.5) is 13.2 Å². The number of ether oxygens (including phenoxy) is 2. The van der Waals surface area contributed by atoms with E-state index < -0.39 is 18.2 Å². The van der Waals surface area contributed by atoms with Crippen LogP contribution in [-0.2, 0) is 16.0 Å². The van der Waals surface area contributed by atoms with Gasteiger partial charge >= 0.3 is 12.1 Å². The van der Waals surface area contributed by atoms with E-state index in [1.54, 1.807) is 0 Å². The molecule has 2 aromatic rings. The van der Waals surface area contributed by atoms with Gasteiger partial charge in [0.2, 0.25) is 12.7 Å². The summed E-state index contributed by atoms with van der Waals surface area (Å²) in [4.78, 5) is 21.2. The van der Waals surface area contributed by atoms with Gasteiger partial charge in [-0.15, -0.1) is 0 Å². The van der Waals surface area contributed by atoms with Crippen molar-refractivity contribution in [3.63, 3.8) is 0 Å². The molecule has 2 aromatic carbocycles. The Bertz CT molecular complexity index is 1080. The SMILES string of the molecule is N#C[C@H](Cc1ccc(-c2ccc3c(c2)OCO3)cc1)NC(=O)[C@@H]1CCCCN1.O=C(O)C(F)(F)F. The highest BCUT2D eigenvalue weighted by Crippen LogP contribution is 2.35. The van der Waals surface area contributed by atoms with Gasteiger partial charge in [-0.1, -0.05) is 36.8 Å². The van der Waals surface area contributed by atoms with Gasteiger partial charge in [-0.2, -0.15) is 18.4 Å². The molecule has 0 radical (unpaired) electrons. The molecule has 35 heavy (non-hydrogen) atoms. The number of nitrogens with zero attached hydrogens (tertiary/aromatic N) is 1. The number of hydrogen-bond donors (Lipinski definition) is 3. The molecule has 1 amide bonds. The summed E-state index contributed by atoms with van der Waals surface area (Å²) in [5.41, 5.74) is 3.11. The lowest BCUT2D eigenvalue weighted by atomic mass is 10.00. The molecule has 0 saturated carbocycles. The van der Waals surface area contributed by atoms with Crippen LogP contribution in [-0.4, -0.2) is 48.6 Å². The molecule has 4 rings (SSSR count). The number of hydrogen-bond acceptors (Lipinski definition) is 6. The van der Waals surface area contributed by atoms with Gasteiger partial charge in [-0.25, -0.2) is 4.79 Å². The molecule has 0 unspecified atom stereocenters. The van der Waals surface area contributed by atoms with Crippen LogP contribution in [0.15, 0.2) is 42.5 Å². The standard InChI is InChI=1S/C22H23N3O3.C2HF3O2/c23-13-18(25-22(26)19-3-1-2-10-24-19)11-15-4-6-16(7-5-15)17-8-9-20-21(12-17)28-14-27-20;3-2(4,5)1(6)7/h4-9,12,18-19,24H,1-3,10-11,14H2,(H,25,26);(H,6,7)/t18-,19-;/m0./s1. The van der Waals surface area contributed by atoms with Gasteiger partial charge in [0.1, 0.15) is 6.04 Å². The van der Waals surface area contributed by atoms with Gasteiger partial charge in [0, 0.05) is 6.42 Å². The van der Waals surface area contributed by atoms with Crippen molar-refractivity contribution in [2.75, 3.05) is 13.3 Å². The van der Waals surface area contributed by atoms with Crippen LogP contribution in [0.3, 0.4) is 0 Å². The number of carboxylic acid groups (broad SMARTS) is 1. The predicted molar refractivity (Wildman–Crippen MR) is 119 cm³/mol. The highest BCUT2D eigenvalue weighted by atomic mass is 19.4. The van der Waals surface area contributed by atoms with E-state index in [1.807, 2.05) is 42.5 Å². The number of rotatable bonds is 5. The lowest BCUT2D eigenvalue weighted by Gasteiger charge is -2.23. The minimum atomic E-state index is -5.08. The maximum absolute atomic E-state index is 12.3. The number of amides is 1. The second-order valence-electron chi connectivity index (χ2n) is 7.96. The summed E-state index contributed by atoms with van der Waals surface area (Å²) in [5.74, 6) is -1.32. The highest BCUT2D eigenvalue weighted by Gasteiger charge is 2.38. The van der Waals surface area contributed by atoms with E-state index >= 15 is 0 Å². The van der Waals surface area contributed by atoms with Crippen LogP contribution in [0.25, 0.3) is 11.1 Å². The summed E-state index contributed by atoms with van der Waals surface area (Å²) < 4.78 is 42.5. The monoisotopic (exact) mass is 491 g/mol. The van der Waals surface area contributed by atoms with Crippen molar-refractivity contribution in [2.24, 2.45) is 0 Å². The molecule has 0 bridgehead atoms. The maximum atomic E-state index is 12.3. The number of carbonyl (C=O) groups is 2. The number of nitrogens with one attached hydrogen (secondary N) is 2. The Morgan fingerprint density at radius 2 is 1.77 bits per heavy atom. The van der Waals surface area contributed by atoms with E-state index in [0.717, 1.165) is 54.0 Å². The second-order valence-corrected chi connectivity index (χ2v) is 7.96. The number of carboxylic acids is 1. The fourth-order valence-corrected chi connectivity index (χ4v) is 3.62. The van der Waals surface area contributed by atoms with Crippen molar-refractivity contribution in [2.45, 2.75) is 43.9 Å². The summed E-state index contributed by atoms with van der Waals surface area (Å²) in [6.07, 6.45) is -1.63. The van der Waals surface area contributed by atoms with Gasteiger partial charge in [-0.3, -0.25) is 4.79 Å². The van der Waals surface area contributed by atoms with E-state index in [9.17, 15) is 23.2 Å². The molecule has 2 heterocycles. The summed E-state index contributed by atoms with van der Waals surface area (Å²) in [7, 11) is 0. The lowest BCUT2D eigenvalue weighted by Crippen LogP contribution is -2.49. The van der Waals surface area contributed by atoms with Crippen molar-refractivity contribution in [3.05, 3.63) is 48.0 Å². The maximum Gasteiger partial charge on any atom is 0.490 e. The minimum absolute atomic E-state index is 0.0803. The Balaban J connectivity index is 0.000000429. The molecule has 8 nitrogen and oxygen atoms in total. The molecule has 1 fully saturated rings. The third-order valence-corrected chi connectivity index (χ3v) is 5.44. The normalized spacial score (nSPS) is 17.4. The first-order valence-electron chi connectivity index (χ1n) is 10.9. The van der Waals surface area contributed by atoms with Gasteiger partial charge in [0.15, 0.2) is 11.5 Å². The molecule has 1 saturated heterocycles. The van der Waals surface area contributed by atoms with E-state index in [1.165, 1.54) is 0 Å². The number of benzene rings is 2. The number of alkyl halides is 3. The molecule has 2 aliphatic rings. The molecule has 0 aliphatic carbocycles. The van der Waals surface area contributed by atoms with Crippen molar-refractivity contribution < 1.29 is 37.3 Å². The zero-order valence-electron chi connectivity index (χ0n) is 18.6. The van der Waals surface area contributed by atoms with E-state index in [0.29, 0.717) is 6.42 Å². The Labute approximate surface area is 199 Å². The molecule has 11 heteroatoms. The number of aliphatic carboxylic acids is 1. The number of nitriles is 1. The summed E-state index contributed by atoms with van der Waals surface area (Å²) in [6.45, 7) is 1.12. The third-order valence-electron chi connectivity index (χ3n) is 5.44. The number of piperidine rings is 1. The van der Waals surface area contributed by atoms with Crippen LogP contribution < -0.4 is 20.1 Å². The number of halogens is 3. The van der Waals surface area contributed by atoms with Gasteiger partial charge in [0.05, 0.1) is 12.1 Å². The zero-order chi connectivity index (χ0) is 25.4. The zero-order valence-corrected chi connectivity index (χ0v) is 18.6. The van der Waals surface area contributed by atoms with Gasteiger partial charge < -0.3 is 25.2 Å². The lowest BCUT2D eigenvalue weighted by molar-refractivity contribution is -0.192. The quantitative estimate of drug-likeness (QED) is 0.586. The number of carbonyl (C=O) groups excluding carboxylic acids is 1. The summed E-state index contributed by atoms with van der Waals surface area (Å²) >= 11 is 0. The van der Waals surface area contributed by atoms with Crippen molar-refractivity contribution in [3.8, 4) is 28.7 Å². The first-order chi connectivity index (χ1) is 16.7. The van der Waals surface area contributed by atoms with Crippen molar-refractivity contribution in [1.29, 1.82) is 5.26 Å². The van der Waals surface area contributed by atoms with Crippen LogP contribution in [0.2, 0.25) is 0 Å². The smallest absolute Gasteiger partial charge is 0.475 e. The predicted octanol–water partition coefficient (Wildman–Crippen LogP) is 3.41. The first kappa shape index (κ1) is 25.8. The summed E-state index contributed by atoms with van der Waals surface area (Å²) in [6, 6.07) is 15.4. The Kier molecular flexibility index (Phi) is 8.54. The average Bonchev–Trinajstić information content (AvgIpc) is 3.32. The Morgan fingerprint density at radius 3 is 2.37 bits per heavy atom. The van der Waals surface area contributed by atoms with E-state index in [2.05, 4.69) is 16.7 Å². The van der Waals surface area contributed by atoms with E-state index in [-0.39, 0.29) is 18.7 Å². The molecule has 2 aliphatic heterocycles. The molecule has 186 valence electrons. The largest absolute Gasteiger partial charge is 0.490 e. The van der Waals surface area contributed by atoms with Crippen LogP contribution in [0, 0.1) is 11.3 Å². The third kappa shape index (κ3) is 7.35. The Hall–Kier alpha value is -3.78. The van der Waals surface area contributed by atoms with Crippen molar-refractivity contribution in [1.82, 2.24) is 10.6 Å². The first-order valence-corrected chi connectivity index (χ1v) is 10.9. The van der Waals surface area contributed by atoms with E-state index in [4.69, 9.17) is 19.4 Å². The van der Waals surface area contributed by atoms with Gasteiger partial charge in [0.25, 0.3) is 0 Å². The fraction of sp³-hybridized carbons (Fsp3) is 0.375. The fourth-order valence-electron chi connectivity index (χ4n) is 3.62. The second kappa shape index (κ2) is 11.6. The summed E-state index contributed by atoms with van der Waals surface area (Å²) in [5, 5.41) is 22.7. The Morgan fingerprint density at radius 1 is 1.11 bits per heavy atom. The molecular formula is C24H24F3N3O5. The van der Waals surface area contributed by atoms with Gasteiger partial charge in [-0.05, 0) is 48.2 Å². The van der Waals surface area contributed by atoms with Crippen molar-refractivity contribution >= 4 is 11.9 Å². The highest BCUT2D eigenvalue weighted by molar-refractivity contribution is 5.82. The van der Waals surface area contributed by atoms with Crippen LogP contribution >= 0.6 is 0 Å². The minimum Gasteiger partial charge on any atom is -0.475 e. The average molecular weight is 491 g/mol. The molecule has 3 N–H and O–H groups in total. The van der Waals surface area contributed by atoms with Crippen LogP contribution in [0.5, 0.6) is 11.5 Å². The van der Waals surface area contributed by atoms with Crippen LogP contribution in [0.1, 0.15) is 24.8 Å².